The highest BCUT2D eigenvalue weighted by molar-refractivity contribution is 7.89. The fourth-order valence-electron chi connectivity index (χ4n) is 1.72. The molecule has 0 saturated heterocycles. The summed E-state index contributed by atoms with van der Waals surface area (Å²) in [6.07, 6.45) is 0.603. The average Bonchev–Trinajstić information content (AvgIpc) is 2.95. The molecule has 0 bridgehead atoms. The Morgan fingerprint density at radius 2 is 2.14 bits per heavy atom. The second-order valence-electron chi connectivity index (χ2n) is 4.43. The minimum absolute atomic E-state index is 0.0239. The number of ether oxygens (including phenoxy) is 2. The Hall–Kier alpha value is -1.03. The average molecular weight is 350 g/mol. The lowest BCUT2D eigenvalue weighted by Gasteiger charge is -2.20. The van der Waals surface area contributed by atoms with Crippen LogP contribution in [0.15, 0.2) is 5.38 Å². The topological polar surface area (TPSA) is 85.8 Å². The van der Waals surface area contributed by atoms with E-state index in [0.717, 1.165) is 0 Å². The summed E-state index contributed by atoms with van der Waals surface area (Å²) in [5.41, 5.74) is 0.215. The van der Waals surface area contributed by atoms with Crippen LogP contribution in [0, 0.1) is 0 Å². The third-order valence-corrected chi connectivity index (χ3v) is 5.52. The number of hydrogen-bond acceptors (Lipinski definition) is 7. The van der Waals surface area contributed by atoms with Crippen LogP contribution in [0.5, 0.6) is 0 Å². The van der Waals surface area contributed by atoms with Crippen molar-refractivity contribution in [3.8, 4) is 0 Å². The molecule has 0 amide bonds. The predicted octanol–water partition coefficient (Wildman–Crippen LogP) is 1.51. The van der Waals surface area contributed by atoms with Gasteiger partial charge in [0.25, 0.3) is 0 Å². The molecule has 7 nitrogen and oxygen atoms in total. The highest BCUT2D eigenvalue weighted by Gasteiger charge is 2.22. The van der Waals surface area contributed by atoms with E-state index >= 15 is 0 Å². The van der Waals surface area contributed by atoms with Gasteiger partial charge in [0.2, 0.25) is 10.0 Å². The van der Waals surface area contributed by atoms with Crippen molar-refractivity contribution < 1.29 is 22.7 Å². The summed E-state index contributed by atoms with van der Waals surface area (Å²) in [6, 6.07) is 0. The Morgan fingerprint density at radius 3 is 2.73 bits per heavy atom. The molecule has 9 heteroatoms. The molecule has 0 spiro atoms. The van der Waals surface area contributed by atoms with Crippen LogP contribution in [0.4, 0.5) is 0 Å². The maximum Gasteiger partial charge on any atom is 0.357 e. The van der Waals surface area contributed by atoms with Gasteiger partial charge >= 0.3 is 5.97 Å². The van der Waals surface area contributed by atoms with E-state index in [2.05, 4.69) is 4.98 Å². The normalized spacial score (nSPS) is 11.8. The fraction of sp³-hybridized carbons (Fsp3) is 0.692. The standard InChI is InChI=1S/C13H22N2O5S2/c1-4-20-13(16)11-10-21-12(14-11)9-15(7-6-8-19-3)22(17,18)5-2/h10H,4-9H2,1-3H3. The van der Waals surface area contributed by atoms with E-state index in [0.29, 0.717) is 24.6 Å². The number of thiazole rings is 1. The first-order valence-electron chi connectivity index (χ1n) is 7.02. The zero-order valence-electron chi connectivity index (χ0n) is 13.1. The Morgan fingerprint density at radius 1 is 1.41 bits per heavy atom. The van der Waals surface area contributed by atoms with Crippen LogP contribution < -0.4 is 0 Å². The van der Waals surface area contributed by atoms with Gasteiger partial charge in [-0.2, -0.15) is 4.31 Å². The van der Waals surface area contributed by atoms with Gasteiger partial charge in [-0.1, -0.05) is 0 Å². The lowest BCUT2D eigenvalue weighted by molar-refractivity contribution is 0.0520. The highest BCUT2D eigenvalue weighted by Crippen LogP contribution is 2.16. The summed E-state index contributed by atoms with van der Waals surface area (Å²) in [6.45, 7) is 4.60. The van der Waals surface area contributed by atoms with Gasteiger partial charge in [-0.05, 0) is 20.3 Å². The van der Waals surface area contributed by atoms with Crippen molar-refractivity contribution >= 4 is 27.3 Å². The fourth-order valence-corrected chi connectivity index (χ4v) is 3.67. The lowest BCUT2D eigenvalue weighted by Crippen LogP contribution is -2.33. The number of rotatable bonds is 10. The van der Waals surface area contributed by atoms with Crippen molar-refractivity contribution in [1.29, 1.82) is 0 Å². The zero-order chi connectivity index (χ0) is 16.6. The van der Waals surface area contributed by atoms with Crippen LogP contribution in [0.3, 0.4) is 0 Å². The summed E-state index contributed by atoms with van der Waals surface area (Å²) in [5.74, 6) is -0.468. The van der Waals surface area contributed by atoms with Crippen molar-refractivity contribution in [2.75, 3.05) is 32.6 Å². The predicted molar refractivity (Wildman–Crippen MR) is 84.4 cm³/mol. The zero-order valence-corrected chi connectivity index (χ0v) is 14.7. The molecule has 22 heavy (non-hydrogen) atoms. The monoisotopic (exact) mass is 350 g/mol. The molecule has 0 aromatic carbocycles. The molecule has 0 saturated carbocycles. The minimum atomic E-state index is -3.33. The number of carbonyl (C=O) groups excluding carboxylic acids is 1. The van der Waals surface area contributed by atoms with Crippen LogP contribution in [-0.2, 0) is 26.0 Å². The SMILES string of the molecule is CCOC(=O)c1csc(CN(CCCOC)S(=O)(=O)CC)n1. The maximum absolute atomic E-state index is 12.1. The third kappa shape index (κ3) is 5.64. The van der Waals surface area contributed by atoms with E-state index in [1.807, 2.05) is 0 Å². The molecule has 1 aromatic rings. The van der Waals surface area contributed by atoms with E-state index in [-0.39, 0.29) is 24.6 Å². The van der Waals surface area contributed by atoms with Crippen molar-refractivity contribution in [3.63, 3.8) is 0 Å². The van der Waals surface area contributed by atoms with E-state index in [4.69, 9.17) is 9.47 Å². The van der Waals surface area contributed by atoms with Gasteiger partial charge in [-0.15, -0.1) is 11.3 Å². The molecule has 0 radical (unpaired) electrons. The van der Waals surface area contributed by atoms with Crippen LogP contribution in [0.1, 0.15) is 35.8 Å². The first-order valence-corrected chi connectivity index (χ1v) is 9.51. The maximum atomic E-state index is 12.1. The smallest absolute Gasteiger partial charge is 0.357 e. The summed E-state index contributed by atoms with van der Waals surface area (Å²) in [5, 5.41) is 2.15. The Kier molecular flexibility index (Phi) is 7.94. The third-order valence-electron chi connectivity index (χ3n) is 2.86. The highest BCUT2D eigenvalue weighted by atomic mass is 32.2. The van der Waals surface area contributed by atoms with Gasteiger partial charge in [-0.25, -0.2) is 18.2 Å². The summed E-state index contributed by atoms with van der Waals surface area (Å²) in [4.78, 5) is 15.7. The van der Waals surface area contributed by atoms with E-state index < -0.39 is 16.0 Å². The quantitative estimate of drug-likeness (QED) is 0.470. The number of sulfonamides is 1. The molecule has 1 heterocycles. The molecule has 0 atom stereocenters. The molecular formula is C13H22N2O5S2. The van der Waals surface area contributed by atoms with Crippen molar-refractivity contribution in [2.45, 2.75) is 26.8 Å². The Balaban J connectivity index is 2.79. The molecule has 0 aliphatic heterocycles. The molecule has 126 valence electrons. The lowest BCUT2D eigenvalue weighted by atomic mass is 10.4. The van der Waals surface area contributed by atoms with Crippen molar-refractivity contribution in [2.24, 2.45) is 0 Å². The second-order valence-corrected chi connectivity index (χ2v) is 7.63. The van der Waals surface area contributed by atoms with E-state index in [9.17, 15) is 13.2 Å². The second kappa shape index (κ2) is 9.19. The number of carbonyl (C=O) groups is 1. The van der Waals surface area contributed by atoms with Gasteiger partial charge in [0.15, 0.2) is 5.69 Å². The molecule has 0 fully saturated rings. The number of hydrogen-bond donors (Lipinski definition) is 0. The van der Waals surface area contributed by atoms with Gasteiger partial charge in [0.05, 0.1) is 18.9 Å². The summed E-state index contributed by atoms with van der Waals surface area (Å²) < 4.78 is 35.4. The van der Waals surface area contributed by atoms with Gasteiger partial charge in [0, 0.05) is 25.6 Å². The first-order chi connectivity index (χ1) is 10.4. The number of aromatic nitrogens is 1. The Bertz CT molecular complexity index is 571. The molecule has 0 aliphatic rings. The first kappa shape index (κ1) is 19.0. The van der Waals surface area contributed by atoms with Crippen LogP contribution in [0.25, 0.3) is 0 Å². The molecule has 1 rings (SSSR count). The van der Waals surface area contributed by atoms with Crippen LogP contribution in [0.2, 0.25) is 0 Å². The molecule has 0 unspecified atom stereocenters. The van der Waals surface area contributed by atoms with Crippen molar-refractivity contribution in [3.05, 3.63) is 16.1 Å². The minimum Gasteiger partial charge on any atom is -0.461 e. The van der Waals surface area contributed by atoms with E-state index in [1.165, 1.54) is 15.6 Å². The van der Waals surface area contributed by atoms with Gasteiger partial charge in [-0.3, -0.25) is 0 Å². The summed E-state index contributed by atoms with van der Waals surface area (Å²) in [7, 11) is -1.76. The van der Waals surface area contributed by atoms with Gasteiger partial charge < -0.3 is 9.47 Å². The molecule has 0 N–H and O–H groups in total. The summed E-state index contributed by atoms with van der Waals surface area (Å²) >= 11 is 1.25. The largest absolute Gasteiger partial charge is 0.461 e. The number of methoxy groups -OCH3 is 1. The van der Waals surface area contributed by atoms with Gasteiger partial charge in [0.1, 0.15) is 5.01 Å². The van der Waals surface area contributed by atoms with Crippen LogP contribution in [-0.4, -0.2) is 56.3 Å². The number of esters is 1. The van der Waals surface area contributed by atoms with E-state index in [1.54, 1.807) is 26.3 Å². The van der Waals surface area contributed by atoms with Crippen molar-refractivity contribution in [1.82, 2.24) is 9.29 Å². The van der Waals surface area contributed by atoms with Crippen LogP contribution >= 0.6 is 11.3 Å². The Labute approximate surface area is 135 Å². The number of nitrogens with zero attached hydrogens (tertiary/aromatic N) is 2. The molecule has 1 aromatic heterocycles. The molecule has 0 aliphatic carbocycles. The molecular weight excluding hydrogens is 328 g/mol.